The van der Waals surface area contributed by atoms with Gasteiger partial charge in [0.1, 0.15) is 12.4 Å². The van der Waals surface area contributed by atoms with Crippen molar-refractivity contribution in [2.45, 2.75) is 71.1 Å². The topological polar surface area (TPSA) is 79.2 Å². The van der Waals surface area contributed by atoms with E-state index < -0.39 is 11.9 Å². The van der Waals surface area contributed by atoms with Gasteiger partial charge in [-0.2, -0.15) is 0 Å². The average Bonchev–Trinajstić information content (AvgIpc) is 2.75. The molecule has 0 aliphatic carbocycles. The molecule has 5 heteroatoms. The summed E-state index contributed by atoms with van der Waals surface area (Å²) >= 11 is 0. The van der Waals surface area contributed by atoms with Crippen molar-refractivity contribution in [3.8, 4) is 5.75 Å². The van der Waals surface area contributed by atoms with Crippen LogP contribution in [-0.2, 0) is 11.3 Å². The molecule has 0 heterocycles. The van der Waals surface area contributed by atoms with Crippen LogP contribution in [-0.4, -0.2) is 27.5 Å². The molecular formula is C24H34O5. The molecule has 2 rings (SSSR count). The normalized spacial score (nSPS) is 12.9. The fourth-order valence-electron chi connectivity index (χ4n) is 3.20. The summed E-state index contributed by atoms with van der Waals surface area (Å²) in [4.78, 5) is 0. The summed E-state index contributed by atoms with van der Waals surface area (Å²) in [7, 11) is 0. The van der Waals surface area contributed by atoms with E-state index >= 15 is 0 Å². The van der Waals surface area contributed by atoms with Crippen LogP contribution in [0.25, 0.3) is 0 Å². The van der Waals surface area contributed by atoms with Gasteiger partial charge in [0.05, 0.1) is 18.3 Å². The second-order valence-corrected chi connectivity index (χ2v) is 7.43. The molecule has 0 bridgehead atoms. The molecule has 0 saturated heterocycles. The quantitative estimate of drug-likeness (QED) is 0.450. The molecule has 0 aromatic heterocycles. The second-order valence-electron chi connectivity index (χ2n) is 7.43. The summed E-state index contributed by atoms with van der Waals surface area (Å²) in [5.74, 6) is 0.759. The van der Waals surface area contributed by atoms with Crippen LogP contribution in [0.5, 0.6) is 5.75 Å². The summed E-state index contributed by atoms with van der Waals surface area (Å²) in [5.41, 5.74) is 1.81. The molecule has 0 aliphatic heterocycles. The Bertz CT molecular complexity index is 722. The van der Waals surface area contributed by atoms with E-state index in [0.717, 1.165) is 36.1 Å². The summed E-state index contributed by atoms with van der Waals surface area (Å²) in [5, 5.41) is 28.7. The van der Waals surface area contributed by atoms with Crippen LogP contribution in [0.1, 0.15) is 75.5 Å². The van der Waals surface area contributed by atoms with E-state index in [1.807, 2.05) is 50.2 Å². The zero-order valence-corrected chi connectivity index (χ0v) is 17.7. The fraction of sp³-hybridized carbons (Fsp3) is 0.500. The largest absolute Gasteiger partial charge is 0.489 e. The minimum Gasteiger partial charge on any atom is -0.489 e. The summed E-state index contributed by atoms with van der Waals surface area (Å²) < 4.78 is 12.0. The number of hydrogen-bond acceptors (Lipinski definition) is 5. The maximum absolute atomic E-state index is 10.4. The number of aliphatic hydroxyl groups is 3. The third-order valence-corrected chi connectivity index (χ3v) is 5.49. The monoisotopic (exact) mass is 402 g/mol. The molecule has 1 atom stereocenters. The van der Waals surface area contributed by atoms with Crippen molar-refractivity contribution >= 4 is 0 Å². The lowest BCUT2D eigenvalue weighted by Gasteiger charge is -2.26. The van der Waals surface area contributed by atoms with Gasteiger partial charge in [0, 0.05) is 5.56 Å². The van der Waals surface area contributed by atoms with Crippen molar-refractivity contribution in [1.29, 1.82) is 0 Å². The van der Waals surface area contributed by atoms with Gasteiger partial charge in [0.2, 0.25) is 0 Å². The Morgan fingerprint density at radius 3 is 2.21 bits per heavy atom. The Kier molecular flexibility index (Phi) is 9.11. The minimum absolute atomic E-state index is 0.0400. The molecule has 160 valence electrons. The van der Waals surface area contributed by atoms with E-state index in [1.54, 1.807) is 12.1 Å². The predicted octanol–water partition coefficient (Wildman–Crippen LogP) is 4.66. The van der Waals surface area contributed by atoms with Crippen molar-refractivity contribution in [3.63, 3.8) is 0 Å². The van der Waals surface area contributed by atoms with Crippen molar-refractivity contribution in [1.82, 2.24) is 0 Å². The number of rotatable bonds is 12. The van der Waals surface area contributed by atoms with Gasteiger partial charge < -0.3 is 24.8 Å². The van der Waals surface area contributed by atoms with Crippen LogP contribution in [0, 0.1) is 0 Å². The maximum Gasteiger partial charge on any atom is 0.178 e. The van der Waals surface area contributed by atoms with E-state index in [2.05, 4.69) is 6.92 Å². The SMILES string of the molecule is CCC(OCCC(O)(CC)CC)c1cccc(OCc2ccc(C(O)O)cc2)c1. The molecule has 0 spiro atoms. The van der Waals surface area contributed by atoms with Gasteiger partial charge >= 0.3 is 0 Å². The zero-order chi connectivity index (χ0) is 21.3. The zero-order valence-electron chi connectivity index (χ0n) is 17.7. The van der Waals surface area contributed by atoms with Gasteiger partial charge in [-0.1, -0.05) is 57.2 Å². The molecule has 3 N–H and O–H groups in total. The highest BCUT2D eigenvalue weighted by Gasteiger charge is 2.22. The third-order valence-electron chi connectivity index (χ3n) is 5.49. The Hall–Kier alpha value is -1.92. The molecule has 1 unspecified atom stereocenters. The molecule has 29 heavy (non-hydrogen) atoms. The van der Waals surface area contributed by atoms with Crippen LogP contribution in [0.3, 0.4) is 0 Å². The van der Waals surface area contributed by atoms with Crippen LogP contribution in [0.4, 0.5) is 0 Å². The van der Waals surface area contributed by atoms with E-state index in [1.165, 1.54) is 0 Å². The summed E-state index contributed by atoms with van der Waals surface area (Å²) in [6.07, 6.45) is 1.42. The molecule has 2 aromatic carbocycles. The van der Waals surface area contributed by atoms with Crippen molar-refractivity contribution in [2.24, 2.45) is 0 Å². The first kappa shape index (κ1) is 23.4. The molecule has 0 aliphatic rings. The van der Waals surface area contributed by atoms with Crippen molar-refractivity contribution in [2.75, 3.05) is 6.61 Å². The first-order valence-electron chi connectivity index (χ1n) is 10.4. The lowest BCUT2D eigenvalue weighted by Crippen LogP contribution is -2.28. The number of aliphatic hydroxyl groups excluding tert-OH is 1. The van der Waals surface area contributed by atoms with Gasteiger partial charge in [0.15, 0.2) is 6.29 Å². The van der Waals surface area contributed by atoms with Gasteiger partial charge in [0.25, 0.3) is 0 Å². The molecule has 5 nitrogen and oxygen atoms in total. The maximum atomic E-state index is 10.4. The van der Waals surface area contributed by atoms with E-state index in [4.69, 9.17) is 19.7 Å². The van der Waals surface area contributed by atoms with Crippen LogP contribution < -0.4 is 4.74 Å². The third kappa shape index (κ3) is 7.12. The number of benzene rings is 2. The van der Waals surface area contributed by atoms with E-state index in [0.29, 0.717) is 25.2 Å². The first-order chi connectivity index (χ1) is 13.9. The Morgan fingerprint density at radius 1 is 0.931 bits per heavy atom. The molecule has 0 amide bonds. The Balaban J connectivity index is 1.94. The number of ether oxygens (including phenoxy) is 2. The number of hydrogen-bond donors (Lipinski definition) is 3. The molecule has 0 radical (unpaired) electrons. The lowest BCUT2D eigenvalue weighted by molar-refractivity contribution is -0.0425. The summed E-state index contributed by atoms with van der Waals surface area (Å²) in [6, 6.07) is 14.9. The molecule has 0 fully saturated rings. The Labute approximate surface area is 173 Å². The first-order valence-corrected chi connectivity index (χ1v) is 10.4. The van der Waals surface area contributed by atoms with Gasteiger partial charge in [-0.25, -0.2) is 0 Å². The average molecular weight is 403 g/mol. The second kappa shape index (κ2) is 11.3. The van der Waals surface area contributed by atoms with E-state index in [-0.39, 0.29) is 6.10 Å². The van der Waals surface area contributed by atoms with Crippen LogP contribution in [0.2, 0.25) is 0 Å². The highest BCUT2D eigenvalue weighted by Crippen LogP contribution is 2.27. The van der Waals surface area contributed by atoms with Gasteiger partial charge in [-0.3, -0.25) is 0 Å². The van der Waals surface area contributed by atoms with Crippen LogP contribution >= 0.6 is 0 Å². The highest BCUT2D eigenvalue weighted by atomic mass is 16.5. The lowest BCUT2D eigenvalue weighted by atomic mass is 9.94. The molecule has 0 saturated carbocycles. The standard InChI is InChI=1S/C24H34O5/c1-4-22(28-15-14-24(27,5-2)6-3)20-8-7-9-21(16-20)29-17-18-10-12-19(13-11-18)23(25)26/h7-13,16,22-23,25-27H,4-6,14-15,17H2,1-3H3. The van der Waals surface area contributed by atoms with Crippen LogP contribution in [0.15, 0.2) is 48.5 Å². The van der Waals surface area contributed by atoms with Gasteiger partial charge in [-0.15, -0.1) is 0 Å². The highest BCUT2D eigenvalue weighted by molar-refractivity contribution is 5.30. The fourth-order valence-corrected chi connectivity index (χ4v) is 3.20. The Morgan fingerprint density at radius 2 is 1.62 bits per heavy atom. The minimum atomic E-state index is -1.46. The predicted molar refractivity (Wildman–Crippen MR) is 114 cm³/mol. The summed E-state index contributed by atoms with van der Waals surface area (Å²) in [6.45, 7) is 7.00. The van der Waals surface area contributed by atoms with Crippen molar-refractivity contribution in [3.05, 3.63) is 65.2 Å². The van der Waals surface area contributed by atoms with Gasteiger partial charge in [-0.05, 0) is 48.9 Å². The molecule has 2 aromatic rings. The molecular weight excluding hydrogens is 368 g/mol. The van der Waals surface area contributed by atoms with E-state index in [9.17, 15) is 5.11 Å². The smallest absolute Gasteiger partial charge is 0.178 e. The van der Waals surface area contributed by atoms with Crippen molar-refractivity contribution < 1.29 is 24.8 Å².